The Hall–Kier alpha value is -3.61. The van der Waals surface area contributed by atoms with Gasteiger partial charge in [0.2, 0.25) is 0 Å². The van der Waals surface area contributed by atoms with Crippen molar-refractivity contribution < 1.29 is 23.8 Å². The van der Waals surface area contributed by atoms with Crippen LogP contribution in [0.5, 0.6) is 11.5 Å². The summed E-state index contributed by atoms with van der Waals surface area (Å²) in [5.74, 6) is 0.0675. The van der Waals surface area contributed by atoms with Crippen molar-refractivity contribution in [2.24, 2.45) is 0 Å². The van der Waals surface area contributed by atoms with Crippen molar-refractivity contribution in [2.45, 2.75) is 0 Å². The van der Waals surface area contributed by atoms with E-state index in [1.165, 1.54) is 18.2 Å². The summed E-state index contributed by atoms with van der Waals surface area (Å²) in [5, 5.41) is 1.19. The molecule has 0 amide bonds. The molecule has 0 fully saturated rings. The molecule has 0 saturated carbocycles. The highest BCUT2D eigenvalue weighted by atomic mass is 35.5. The minimum atomic E-state index is -0.645. The van der Waals surface area contributed by atoms with E-state index in [0.717, 1.165) is 5.56 Å². The lowest BCUT2D eigenvalue weighted by atomic mass is 10.0. The molecule has 4 aromatic rings. The van der Waals surface area contributed by atoms with Crippen LogP contribution in [0.25, 0.3) is 22.2 Å². The molecule has 0 N–H and O–H groups in total. The number of esters is 1. The second-order valence-electron chi connectivity index (χ2n) is 7.27. The molecule has 0 bridgehead atoms. The highest BCUT2D eigenvalue weighted by Crippen LogP contribution is 2.33. The molecule has 0 aliphatic rings. The molecule has 6 nitrogen and oxygen atoms in total. The zero-order valence-electron chi connectivity index (χ0n) is 18.3. The number of hydrogen-bond acceptors (Lipinski definition) is 6. The number of ketones is 1. The number of carbonyl (C=O) groups excluding carboxylic acids is 2. The van der Waals surface area contributed by atoms with Gasteiger partial charge in [0.15, 0.2) is 23.9 Å². The largest absolute Gasteiger partial charge is 0.493 e. The molecule has 34 heavy (non-hydrogen) atoms. The molecule has 1 heterocycles. The zero-order chi connectivity index (χ0) is 24.2. The van der Waals surface area contributed by atoms with Gasteiger partial charge < -0.3 is 14.2 Å². The van der Waals surface area contributed by atoms with Crippen molar-refractivity contribution in [3.63, 3.8) is 0 Å². The first-order valence-electron chi connectivity index (χ1n) is 10.2. The number of para-hydroxylation sites is 1. The third-order valence-corrected chi connectivity index (χ3v) is 5.93. The maximum atomic E-state index is 13.0. The molecule has 1 aromatic heterocycles. The lowest BCUT2D eigenvalue weighted by Crippen LogP contribution is -2.15. The van der Waals surface area contributed by atoms with E-state index < -0.39 is 18.4 Å². The average molecular weight is 496 g/mol. The van der Waals surface area contributed by atoms with E-state index in [1.807, 2.05) is 12.1 Å². The van der Waals surface area contributed by atoms with Crippen LogP contribution in [-0.4, -0.2) is 37.6 Å². The van der Waals surface area contributed by atoms with Gasteiger partial charge in [0.25, 0.3) is 0 Å². The summed E-state index contributed by atoms with van der Waals surface area (Å²) in [6.45, 7) is -0.445. The van der Waals surface area contributed by atoms with Crippen molar-refractivity contribution in [2.75, 3.05) is 20.8 Å². The van der Waals surface area contributed by atoms with Crippen molar-refractivity contribution in [1.82, 2.24) is 4.98 Å². The maximum absolute atomic E-state index is 13.0. The first-order chi connectivity index (χ1) is 16.4. The van der Waals surface area contributed by atoms with Gasteiger partial charge in [-0.25, -0.2) is 9.78 Å². The van der Waals surface area contributed by atoms with Gasteiger partial charge in [0, 0.05) is 16.5 Å². The predicted molar refractivity (Wildman–Crippen MR) is 131 cm³/mol. The number of aromatic nitrogens is 1. The summed E-state index contributed by atoms with van der Waals surface area (Å²) in [4.78, 5) is 30.2. The number of methoxy groups -OCH3 is 2. The molecule has 0 spiro atoms. The fourth-order valence-electron chi connectivity index (χ4n) is 3.45. The van der Waals surface area contributed by atoms with Crippen LogP contribution in [0.2, 0.25) is 10.0 Å². The summed E-state index contributed by atoms with van der Waals surface area (Å²) in [5.41, 5.74) is 2.47. The molecule has 0 atom stereocenters. The minimum Gasteiger partial charge on any atom is -0.493 e. The molecule has 4 rings (SSSR count). The second-order valence-corrected chi connectivity index (χ2v) is 8.08. The Kier molecular flexibility index (Phi) is 7.01. The molecular formula is C26H19Cl2NO5. The van der Waals surface area contributed by atoms with Gasteiger partial charge in [-0.15, -0.1) is 0 Å². The van der Waals surface area contributed by atoms with E-state index in [0.29, 0.717) is 38.7 Å². The van der Waals surface area contributed by atoms with Crippen LogP contribution >= 0.6 is 23.2 Å². The third-order valence-electron chi connectivity index (χ3n) is 5.19. The molecule has 0 saturated heterocycles. The topological polar surface area (TPSA) is 74.7 Å². The number of halogens is 2. The zero-order valence-corrected chi connectivity index (χ0v) is 19.8. The molecule has 0 aliphatic carbocycles. The number of ether oxygens (including phenoxy) is 3. The van der Waals surface area contributed by atoms with Gasteiger partial charge in [-0.1, -0.05) is 41.4 Å². The molecule has 3 aromatic carbocycles. The molecule has 0 unspecified atom stereocenters. The van der Waals surface area contributed by atoms with Gasteiger partial charge in [-0.3, -0.25) is 4.79 Å². The molecule has 8 heteroatoms. The van der Waals surface area contributed by atoms with Gasteiger partial charge in [0.05, 0.1) is 41.0 Å². The number of carbonyl (C=O) groups is 2. The summed E-state index contributed by atoms with van der Waals surface area (Å²) in [6, 6.07) is 18.7. The van der Waals surface area contributed by atoms with Crippen molar-refractivity contribution in [1.29, 1.82) is 0 Å². The van der Waals surface area contributed by atoms with Crippen LogP contribution in [-0.2, 0) is 4.74 Å². The summed E-state index contributed by atoms with van der Waals surface area (Å²) in [6.07, 6.45) is 0. The van der Waals surface area contributed by atoms with Crippen LogP contribution in [0.3, 0.4) is 0 Å². The summed E-state index contributed by atoms with van der Waals surface area (Å²) < 4.78 is 16.0. The quantitative estimate of drug-likeness (QED) is 0.222. The number of nitrogens with zero attached hydrogens (tertiary/aromatic N) is 1. The Bertz CT molecular complexity index is 1400. The fraction of sp³-hybridized carbons (Fsp3) is 0.115. The standard InChI is InChI=1S/C26H19Cl2NO5/c1-32-24-10-8-15(12-25(24)33-2)22-13-18(17-5-3-4-6-21(17)29-22)26(31)34-14-23(30)16-7-9-19(27)20(28)11-16/h3-13H,14H2,1-2H3. The smallest absolute Gasteiger partial charge is 0.339 e. The Morgan fingerprint density at radius 3 is 2.35 bits per heavy atom. The van der Waals surface area contributed by atoms with E-state index >= 15 is 0 Å². The third kappa shape index (κ3) is 4.83. The lowest BCUT2D eigenvalue weighted by Gasteiger charge is -2.12. The van der Waals surface area contributed by atoms with Gasteiger partial charge >= 0.3 is 5.97 Å². The molecule has 0 aliphatic heterocycles. The average Bonchev–Trinajstić information content (AvgIpc) is 2.87. The number of fused-ring (bicyclic) bond motifs is 1. The first-order valence-corrected chi connectivity index (χ1v) is 10.9. The van der Waals surface area contributed by atoms with E-state index in [2.05, 4.69) is 4.98 Å². The Labute approximate surface area is 206 Å². The van der Waals surface area contributed by atoms with Crippen molar-refractivity contribution in [3.8, 4) is 22.8 Å². The monoisotopic (exact) mass is 495 g/mol. The maximum Gasteiger partial charge on any atom is 0.339 e. The number of rotatable bonds is 7. The van der Waals surface area contributed by atoms with Gasteiger partial charge in [0.1, 0.15) is 0 Å². The van der Waals surface area contributed by atoms with Crippen LogP contribution in [0, 0.1) is 0 Å². The van der Waals surface area contributed by atoms with Crippen LogP contribution in [0.4, 0.5) is 0 Å². The number of hydrogen-bond donors (Lipinski definition) is 0. The molecule has 172 valence electrons. The van der Waals surface area contributed by atoms with Crippen LogP contribution < -0.4 is 9.47 Å². The van der Waals surface area contributed by atoms with Gasteiger partial charge in [-0.2, -0.15) is 0 Å². The first kappa shape index (κ1) is 23.5. The van der Waals surface area contributed by atoms with E-state index in [9.17, 15) is 9.59 Å². The van der Waals surface area contributed by atoms with E-state index in [1.54, 1.807) is 50.6 Å². The van der Waals surface area contributed by atoms with Crippen LogP contribution in [0.15, 0.2) is 66.7 Å². The SMILES string of the molecule is COc1ccc(-c2cc(C(=O)OCC(=O)c3ccc(Cl)c(Cl)c3)c3ccccc3n2)cc1OC. The predicted octanol–water partition coefficient (Wildman–Crippen LogP) is 6.27. The van der Waals surface area contributed by atoms with Crippen LogP contribution in [0.1, 0.15) is 20.7 Å². The number of benzene rings is 3. The minimum absolute atomic E-state index is 0.249. The lowest BCUT2D eigenvalue weighted by molar-refractivity contribution is 0.0476. The highest BCUT2D eigenvalue weighted by Gasteiger charge is 2.18. The Morgan fingerprint density at radius 1 is 0.853 bits per heavy atom. The highest BCUT2D eigenvalue weighted by molar-refractivity contribution is 6.42. The van der Waals surface area contributed by atoms with E-state index in [-0.39, 0.29) is 10.6 Å². The number of Topliss-reactive ketones (excluding diaryl/α,β-unsaturated/α-hetero) is 1. The van der Waals surface area contributed by atoms with Gasteiger partial charge in [-0.05, 0) is 48.5 Å². The van der Waals surface area contributed by atoms with E-state index in [4.69, 9.17) is 37.4 Å². The summed E-state index contributed by atoms with van der Waals surface area (Å²) >= 11 is 11.9. The molecule has 0 radical (unpaired) electrons. The Morgan fingerprint density at radius 2 is 1.62 bits per heavy atom. The number of pyridine rings is 1. The van der Waals surface area contributed by atoms with Crippen molar-refractivity contribution in [3.05, 3.63) is 87.9 Å². The normalized spacial score (nSPS) is 10.7. The molecular weight excluding hydrogens is 477 g/mol. The summed E-state index contributed by atoms with van der Waals surface area (Å²) in [7, 11) is 3.10. The fourth-order valence-corrected chi connectivity index (χ4v) is 3.75. The Balaban J connectivity index is 1.65. The van der Waals surface area contributed by atoms with Crippen molar-refractivity contribution >= 4 is 45.9 Å². The second kappa shape index (κ2) is 10.1.